The quantitative estimate of drug-likeness (QED) is 0.624. The lowest BCUT2D eigenvalue weighted by Gasteiger charge is -2.12. The second-order valence-corrected chi connectivity index (χ2v) is 6.25. The van der Waals surface area contributed by atoms with E-state index in [1.54, 1.807) is 18.3 Å². The van der Waals surface area contributed by atoms with Crippen molar-refractivity contribution in [2.45, 2.75) is 33.2 Å². The number of aryl methyl sites for hydroxylation is 2. The van der Waals surface area contributed by atoms with Crippen molar-refractivity contribution in [3.05, 3.63) is 41.9 Å². The lowest BCUT2D eigenvalue weighted by molar-refractivity contribution is 0.393. The van der Waals surface area contributed by atoms with Gasteiger partial charge in [-0.3, -0.25) is 0 Å². The van der Waals surface area contributed by atoms with Crippen LogP contribution in [0, 0.1) is 13.8 Å². The fraction of sp³-hybridized carbons (Fsp3) is 0.316. The van der Waals surface area contributed by atoms with Gasteiger partial charge in [0.05, 0.1) is 11.3 Å². The first-order valence-electron chi connectivity index (χ1n) is 8.58. The van der Waals surface area contributed by atoms with Gasteiger partial charge in [-0.1, -0.05) is 18.1 Å². The summed E-state index contributed by atoms with van der Waals surface area (Å²) in [5.74, 6) is 1.94. The number of nitrogens with zero attached hydrogens (tertiary/aromatic N) is 3. The Bertz CT molecular complexity index is 887. The van der Waals surface area contributed by atoms with E-state index in [4.69, 9.17) is 10.3 Å². The van der Waals surface area contributed by atoms with Crippen LogP contribution < -0.4 is 11.1 Å². The zero-order chi connectivity index (χ0) is 18.7. The number of hydrogen-bond acceptors (Lipinski definition) is 7. The normalized spacial score (nSPS) is 12.2. The van der Waals surface area contributed by atoms with Gasteiger partial charge < -0.3 is 20.7 Å². The van der Waals surface area contributed by atoms with E-state index in [1.807, 2.05) is 32.9 Å². The van der Waals surface area contributed by atoms with Crippen molar-refractivity contribution >= 4 is 5.82 Å². The monoisotopic (exact) mass is 353 g/mol. The number of nitrogens with one attached hydrogen (secondary N) is 1. The molecule has 0 fully saturated rings. The van der Waals surface area contributed by atoms with Crippen LogP contribution >= 0.6 is 0 Å². The number of aromatic hydroxyl groups is 1. The molecular formula is C19H23N5O2. The molecule has 0 aliphatic rings. The molecule has 0 saturated carbocycles. The highest BCUT2D eigenvalue weighted by Gasteiger charge is 2.15. The molecule has 0 bridgehead atoms. The Kier molecular flexibility index (Phi) is 5.18. The largest absolute Gasteiger partial charge is 0.507 e. The Hall–Kier alpha value is -2.93. The Labute approximate surface area is 152 Å². The predicted molar refractivity (Wildman–Crippen MR) is 101 cm³/mol. The van der Waals surface area contributed by atoms with E-state index >= 15 is 0 Å². The molecule has 2 heterocycles. The first-order valence-corrected chi connectivity index (χ1v) is 8.58. The Morgan fingerprint density at radius 1 is 1.27 bits per heavy atom. The zero-order valence-electron chi connectivity index (χ0n) is 15.2. The third-order valence-corrected chi connectivity index (χ3v) is 4.28. The highest BCUT2D eigenvalue weighted by molar-refractivity contribution is 5.76. The van der Waals surface area contributed by atoms with Crippen LogP contribution in [0.25, 0.3) is 22.5 Å². The fourth-order valence-electron chi connectivity index (χ4n) is 2.73. The predicted octanol–water partition coefficient (Wildman–Crippen LogP) is 3.27. The van der Waals surface area contributed by atoms with Gasteiger partial charge in [-0.15, -0.1) is 0 Å². The van der Waals surface area contributed by atoms with Crippen molar-refractivity contribution in [2.75, 3.05) is 11.9 Å². The van der Waals surface area contributed by atoms with E-state index in [-0.39, 0.29) is 11.8 Å². The van der Waals surface area contributed by atoms with Crippen LogP contribution in [0.4, 0.5) is 5.82 Å². The molecule has 7 heteroatoms. The van der Waals surface area contributed by atoms with Crippen molar-refractivity contribution in [3.8, 4) is 28.3 Å². The summed E-state index contributed by atoms with van der Waals surface area (Å²) in [5.41, 5.74) is 9.08. The van der Waals surface area contributed by atoms with Crippen LogP contribution in [0.3, 0.4) is 0 Å². The van der Waals surface area contributed by atoms with Crippen molar-refractivity contribution in [3.63, 3.8) is 0 Å². The van der Waals surface area contributed by atoms with Crippen molar-refractivity contribution < 1.29 is 9.63 Å². The maximum Gasteiger partial charge on any atom is 0.165 e. The number of hydrogen-bond donors (Lipinski definition) is 3. The Morgan fingerprint density at radius 3 is 2.77 bits per heavy atom. The SMILES string of the molecule is CCC(N)CNc1ccnc(-c2cc(-c3c(C)noc3C)ccc2O)n1. The zero-order valence-corrected chi connectivity index (χ0v) is 15.2. The summed E-state index contributed by atoms with van der Waals surface area (Å²) in [6.07, 6.45) is 2.54. The summed E-state index contributed by atoms with van der Waals surface area (Å²) < 4.78 is 5.24. The van der Waals surface area contributed by atoms with Crippen LogP contribution in [0.1, 0.15) is 24.8 Å². The fourth-order valence-corrected chi connectivity index (χ4v) is 2.73. The first-order chi connectivity index (χ1) is 12.5. The summed E-state index contributed by atoms with van der Waals surface area (Å²) in [6.45, 7) is 6.41. The van der Waals surface area contributed by atoms with Gasteiger partial charge in [0.2, 0.25) is 0 Å². The van der Waals surface area contributed by atoms with E-state index < -0.39 is 0 Å². The van der Waals surface area contributed by atoms with Gasteiger partial charge in [-0.2, -0.15) is 0 Å². The highest BCUT2D eigenvalue weighted by Crippen LogP contribution is 2.34. The number of nitrogens with two attached hydrogens (primary N) is 1. The summed E-state index contributed by atoms with van der Waals surface area (Å²) in [7, 11) is 0. The van der Waals surface area contributed by atoms with E-state index in [9.17, 15) is 5.11 Å². The smallest absolute Gasteiger partial charge is 0.165 e. The molecule has 1 unspecified atom stereocenters. The maximum atomic E-state index is 10.3. The third-order valence-electron chi connectivity index (χ3n) is 4.28. The summed E-state index contributed by atoms with van der Waals surface area (Å²) in [5, 5.41) is 17.5. The van der Waals surface area contributed by atoms with Gasteiger partial charge in [0.1, 0.15) is 17.3 Å². The first kappa shape index (κ1) is 17.9. The van der Waals surface area contributed by atoms with Crippen molar-refractivity contribution in [2.24, 2.45) is 5.73 Å². The van der Waals surface area contributed by atoms with Crippen LogP contribution in [0.2, 0.25) is 0 Å². The number of phenolic OH excluding ortho intramolecular Hbond substituents is 1. The molecule has 3 aromatic rings. The van der Waals surface area contributed by atoms with Gasteiger partial charge in [0.15, 0.2) is 5.82 Å². The molecule has 26 heavy (non-hydrogen) atoms. The maximum absolute atomic E-state index is 10.3. The lowest BCUT2D eigenvalue weighted by atomic mass is 10.0. The molecular weight excluding hydrogens is 330 g/mol. The molecule has 3 rings (SSSR count). The Morgan fingerprint density at radius 2 is 2.08 bits per heavy atom. The average molecular weight is 353 g/mol. The Balaban J connectivity index is 1.95. The van der Waals surface area contributed by atoms with E-state index in [2.05, 4.69) is 20.4 Å². The molecule has 0 amide bonds. The topological polar surface area (TPSA) is 110 Å². The second kappa shape index (κ2) is 7.53. The molecule has 0 saturated heterocycles. The summed E-state index contributed by atoms with van der Waals surface area (Å²) in [4.78, 5) is 8.80. The minimum Gasteiger partial charge on any atom is -0.507 e. The van der Waals surface area contributed by atoms with Gasteiger partial charge in [0.25, 0.3) is 0 Å². The van der Waals surface area contributed by atoms with Crippen LogP contribution in [0.15, 0.2) is 35.0 Å². The second-order valence-electron chi connectivity index (χ2n) is 6.25. The van der Waals surface area contributed by atoms with E-state index in [0.717, 1.165) is 29.0 Å². The molecule has 2 aromatic heterocycles. The van der Waals surface area contributed by atoms with Gasteiger partial charge in [-0.25, -0.2) is 9.97 Å². The van der Waals surface area contributed by atoms with Crippen LogP contribution in [-0.4, -0.2) is 32.8 Å². The number of phenols is 1. The van der Waals surface area contributed by atoms with Crippen LogP contribution in [-0.2, 0) is 0 Å². The minimum absolute atomic E-state index is 0.0599. The third kappa shape index (κ3) is 3.67. The molecule has 0 aliphatic heterocycles. The molecule has 1 atom stereocenters. The molecule has 0 spiro atoms. The molecule has 1 aromatic carbocycles. The lowest BCUT2D eigenvalue weighted by Crippen LogP contribution is -2.28. The highest BCUT2D eigenvalue weighted by atomic mass is 16.5. The van der Waals surface area contributed by atoms with Gasteiger partial charge >= 0.3 is 0 Å². The van der Waals surface area contributed by atoms with Gasteiger partial charge in [0, 0.05) is 24.3 Å². The van der Waals surface area contributed by atoms with Crippen molar-refractivity contribution in [1.82, 2.24) is 15.1 Å². The number of anilines is 1. The summed E-state index contributed by atoms with van der Waals surface area (Å²) >= 11 is 0. The van der Waals surface area contributed by atoms with Crippen molar-refractivity contribution in [1.29, 1.82) is 0 Å². The van der Waals surface area contributed by atoms with Crippen LogP contribution in [0.5, 0.6) is 5.75 Å². The number of rotatable bonds is 6. The number of aromatic nitrogens is 3. The van der Waals surface area contributed by atoms with E-state index in [0.29, 0.717) is 23.8 Å². The van der Waals surface area contributed by atoms with Gasteiger partial charge in [-0.05, 0) is 44.0 Å². The minimum atomic E-state index is 0.0599. The molecule has 0 radical (unpaired) electrons. The number of benzene rings is 1. The van der Waals surface area contributed by atoms with E-state index in [1.165, 1.54) is 0 Å². The standard InChI is InChI=1S/C19H23N5O2/c1-4-14(20)10-22-17-7-8-21-19(23-17)15-9-13(5-6-16(15)25)18-11(2)24-26-12(18)3/h5-9,14,25H,4,10,20H2,1-3H3,(H,21,22,23). The molecule has 136 valence electrons. The molecule has 4 N–H and O–H groups in total. The molecule has 0 aliphatic carbocycles. The average Bonchev–Trinajstić information content (AvgIpc) is 2.99. The summed E-state index contributed by atoms with van der Waals surface area (Å²) in [6, 6.07) is 7.14. The molecule has 7 nitrogen and oxygen atoms in total.